The summed E-state index contributed by atoms with van der Waals surface area (Å²) in [5.41, 5.74) is -0.113. The average Bonchev–Trinajstić information content (AvgIpc) is 2.36. The highest BCUT2D eigenvalue weighted by molar-refractivity contribution is 7.99. The molecular formula is C13H14F3NOS. The van der Waals surface area contributed by atoms with E-state index in [1.54, 1.807) is 12.1 Å². The lowest BCUT2D eigenvalue weighted by Crippen LogP contribution is -2.24. The van der Waals surface area contributed by atoms with E-state index in [-0.39, 0.29) is 11.7 Å². The van der Waals surface area contributed by atoms with Crippen molar-refractivity contribution < 1.29 is 18.0 Å². The second-order valence-electron chi connectivity index (χ2n) is 3.78. The van der Waals surface area contributed by atoms with Crippen molar-refractivity contribution in [2.75, 3.05) is 12.3 Å². The fraction of sp³-hybridized carbons (Fsp3) is 0.308. The van der Waals surface area contributed by atoms with Crippen LogP contribution in [-0.2, 0) is 16.7 Å². The van der Waals surface area contributed by atoms with Crippen molar-refractivity contribution in [1.82, 2.24) is 5.32 Å². The first-order chi connectivity index (χ1) is 8.93. The van der Waals surface area contributed by atoms with Crippen LogP contribution in [0.15, 0.2) is 36.9 Å². The Kier molecular flexibility index (Phi) is 5.95. The Morgan fingerprint density at radius 1 is 1.42 bits per heavy atom. The van der Waals surface area contributed by atoms with E-state index in [1.807, 2.05) is 0 Å². The normalized spacial score (nSPS) is 11.1. The first kappa shape index (κ1) is 15.6. The van der Waals surface area contributed by atoms with Crippen LogP contribution in [0, 0.1) is 0 Å². The molecule has 1 aromatic carbocycles. The summed E-state index contributed by atoms with van der Waals surface area (Å²) in [7, 11) is 0. The van der Waals surface area contributed by atoms with Crippen LogP contribution in [0.5, 0.6) is 0 Å². The van der Waals surface area contributed by atoms with E-state index in [0.717, 1.165) is 12.1 Å². The summed E-state index contributed by atoms with van der Waals surface area (Å²) in [6.07, 6.45) is -2.77. The van der Waals surface area contributed by atoms with Crippen LogP contribution >= 0.6 is 11.8 Å². The summed E-state index contributed by atoms with van der Waals surface area (Å²) in [4.78, 5) is 11.3. The van der Waals surface area contributed by atoms with Gasteiger partial charge in [0.2, 0.25) is 5.91 Å². The third kappa shape index (κ3) is 5.83. The Labute approximate surface area is 114 Å². The van der Waals surface area contributed by atoms with Gasteiger partial charge in [0.15, 0.2) is 0 Å². The van der Waals surface area contributed by atoms with Crippen LogP contribution in [0.2, 0.25) is 0 Å². The first-order valence-electron chi connectivity index (χ1n) is 5.55. The molecule has 0 radical (unpaired) electrons. The predicted octanol–water partition coefficient (Wildman–Crippen LogP) is 3.24. The Hall–Kier alpha value is -1.43. The fourth-order valence-electron chi connectivity index (χ4n) is 1.34. The van der Waals surface area contributed by atoms with E-state index >= 15 is 0 Å². The van der Waals surface area contributed by atoms with Crippen LogP contribution in [0.25, 0.3) is 0 Å². The number of hydrogen-bond donors (Lipinski definition) is 1. The van der Waals surface area contributed by atoms with E-state index in [4.69, 9.17) is 0 Å². The minimum Gasteiger partial charge on any atom is -0.352 e. The summed E-state index contributed by atoms with van der Waals surface area (Å²) in [5.74, 6) is 0.423. The molecule has 0 heterocycles. The molecule has 19 heavy (non-hydrogen) atoms. The van der Waals surface area contributed by atoms with Gasteiger partial charge in [-0.1, -0.05) is 24.3 Å². The molecule has 6 heteroatoms. The smallest absolute Gasteiger partial charge is 0.352 e. The molecule has 1 rings (SSSR count). The predicted molar refractivity (Wildman–Crippen MR) is 70.8 cm³/mol. The number of rotatable bonds is 6. The SMILES string of the molecule is C=CCNC(=O)CSCc1cccc(C(F)(F)F)c1. The number of halogens is 3. The number of nitrogens with one attached hydrogen (secondary N) is 1. The molecule has 0 aliphatic carbocycles. The largest absolute Gasteiger partial charge is 0.416 e. The van der Waals surface area contributed by atoms with Crippen molar-refractivity contribution in [1.29, 1.82) is 0 Å². The van der Waals surface area contributed by atoms with Gasteiger partial charge in [0.05, 0.1) is 11.3 Å². The Morgan fingerprint density at radius 3 is 2.79 bits per heavy atom. The number of hydrogen-bond acceptors (Lipinski definition) is 2. The molecule has 0 saturated heterocycles. The molecule has 0 saturated carbocycles. The number of carbonyl (C=O) groups excluding carboxylic acids is 1. The summed E-state index contributed by atoms with van der Waals surface area (Å²) in [6, 6.07) is 5.12. The highest BCUT2D eigenvalue weighted by Gasteiger charge is 2.30. The molecule has 0 spiro atoms. The number of amides is 1. The zero-order chi connectivity index (χ0) is 14.3. The quantitative estimate of drug-likeness (QED) is 0.815. The lowest BCUT2D eigenvalue weighted by Gasteiger charge is -2.08. The Balaban J connectivity index is 2.46. The van der Waals surface area contributed by atoms with Crippen LogP contribution in [0.3, 0.4) is 0 Å². The highest BCUT2D eigenvalue weighted by atomic mass is 32.2. The molecule has 2 nitrogen and oxygen atoms in total. The van der Waals surface area contributed by atoms with Gasteiger partial charge in [-0.05, 0) is 11.6 Å². The lowest BCUT2D eigenvalue weighted by molar-refractivity contribution is -0.137. The minimum absolute atomic E-state index is 0.156. The van der Waals surface area contributed by atoms with Gasteiger partial charge in [0.25, 0.3) is 0 Å². The van der Waals surface area contributed by atoms with Gasteiger partial charge in [-0.2, -0.15) is 13.2 Å². The summed E-state index contributed by atoms with van der Waals surface area (Å²) < 4.78 is 37.4. The zero-order valence-corrected chi connectivity index (χ0v) is 11.0. The third-order valence-electron chi connectivity index (χ3n) is 2.20. The van der Waals surface area contributed by atoms with Crippen LogP contribution in [-0.4, -0.2) is 18.2 Å². The second-order valence-corrected chi connectivity index (χ2v) is 4.77. The molecule has 104 valence electrons. The minimum atomic E-state index is -4.33. The van der Waals surface area contributed by atoms with Crippen molar-refractivity contribution in [2.24, 2.45) is 0 Å². The van der Waals surface area contributed by atoms with Gasteiger partial charge < -0.3 is 5.32 Å². The topological polar surface area (TPSA) is 29.1 Å². The Bertz CT molecular complexity index is 446. The first-order valence-corrected chi connectivity index (χ1v) is 6.70. The van der Waals surface area contributed by atoms with Gasteiger partial charge in [-0.3, -0.25) is 4.79 Å². The molecule has 1 N–H and O–H groups in total. The van der Waals surface area contributed by atoms with E-state index in [2.05, 4.69) is 11.9 Å². The molecule has 1 amide bonds. The maximum atomic E-state index is 12.5. The van der Waals surface area contributed by atoms with E-state index in [0.29, 0.717) is 17.9 Å². The molecule has 0 atom stereocenters. The van der Waals surface area contributed by atoms with Crippen LogP contribution in [0.1, 0.15) is 11.1 Å². The number of benzene rings is 1. The molecule has 0 aromatic heterocycles. The number of thioether (sulfide) groups is 1. The van der Waals surface area contributed by atoms with E-state index in [9.17, 15) is 18.0 Å². The van der Waals surface area contributed by atoms with Crippen LogP contribution in [0.4, 0.5) is 13.2 Å². The molecule has 0 aliphatic heterocycles. The van der Waals surface area contributed by atoms with E-state index in [1.165, 1.54) is 17.8 Å². The van der Waals surface area contributed by atoms with Crippen molar-refractivity contribution in [2.45, 2.75) is 11.9 Å². The van der Waals surface area contributed by atoms with Crippen molar-refractivity contribution in [3.05, 3.63) is 48.0 Å². The number of alkyl halides is 3. The zero-order valence-electron chi connectivity index (χ0n) is 10.2. The van der Waals surface area contributed by atoms with Crippen LogP contribution < -0.4 is 5.32 Å². The molecule has 0 fully saturated rings. The monoisotopic (exact) mass is 289 g/mol. The van der Waals surface area contributed by atoms with E-state index < -0.39 is 11.7 Å². The highest BCUT2D eigenvalue weighted by Crippen LogP contribution is 2.30. The molecule has 0 aliphatic rings. The maximum absolute atomic E-state index is 12.5. The summed E-state index contributed by atoms with van der Waals surface area (Å²) in [5, 5.41) is 2.60. The number of carbonyl (C=O) groups is 1. The lowest BCUT2D eigenvalue weighted by atomic mass is 10.1. The van der Waals surface area contributed by atoms with Gasteiger partial charge in [-0.15, -0.1) is 18.3 Å². The van der Waals surface area contributed by atoms with Crippen molar-refractivity contribution in [3.63, 3.8) is 0 Å². The molecule has 1 aromatic rings. The average molecular weight is 289 g/mol. The van der Waals surface area contributed by atoms with Gasteiger partial charge in [0.1, 0.15) is 0 Å². The van der Waals surface area contributed by atoms with Crippen molar-refractivity contribution in [3.8, 4) is 0 Å². The molecule has 0 bridgehead atoms. The second kappa shape index (κ2) is 7.23. The van der Waals surface area contributed by atoms with Gasteiger partial charge in [-0.25, -0.2) is 0 Å². The maximum Gasteiger partial charge on any atom is 0.416 e. The molecule has 0 unspecified atom stereocenters. The molecular weight excluding hydrogens is 275 g/mol. The van der Waals surface area contributed by atoms with Crippen molar-refractivity contribution >= 4 is 17.7 Å². The summed E-state index contributed by atoms with van der Waals surface area (Å²) >= 11 is 1.27. The summed E-state index contributed by atoms with van der Waals surface area (Å²) in [6.45, 7) is 3.86. The van der Waals surface area contributed by atoms with Gasteiger partial charge >= 0.3 is 6.18 Å². The Morgan fingerprint density at radius 2 is 2.16 bits per heavy atom. The standard InChI is InChI=1S/C13H14F3NOS/c1-2-6-17-12(18)9-19-8-10-4-3-5-11(7-10)13(14,15)16/h2-5,7H,1,6,8-9H2,(H,17,18). The van der Waals surface area contributed by atoms with Gasteiger partial charge in [0, 0.05) is 12.3 Å². The third-order valence-corrected chi connectivity index (χ3v) is 3.20. The fourth-order valence-corrected chi connectivity index (χ4v) is 2.14.